The summed E-state index contributed by atoms with van der Waals surface area (Å²) in [5, 5.41) is 14.1. The zero-order valence-corrected chi connectivity index (χ0v) is 17.1. The van der Waals surface area contributed by atoms with Gasteiger partial charge in [0, 0.05) is 16.8 Å². The van der Waals surface area contributed by atoms with E-state index in [2.05, 4.69) is 44.8 Å². The molecule has 0 aromatic heterocycles. The highest BCUT2D eigenvalue weighted by molar-refractivity contribution is 5.86. The van der Waals surface area contributed by atoms with Crippen LogP contribution in [0, 0.1) is 0 Å². The maximum Gasteiger partial charge on any atom is 0.172 e. The van der Waals surface area contributed by atoms with Gasteiger partial charge in [-0.2, -0.15) is 0 Å². The fraction of sp³-hybridized carbons (Fsp3) is 0.417. The number of hydrogen-bond acceptors (Lipinski definition) is 4. The standard InChI is InChI=1S/C24H29NO3/c1-6-7-8-18-21-15(22-19(28-18)12-11-17(26)23(22)27-5)9-10-16-20(21)14(2)13-24(3,4)25-16/h6,9-12,14,18,25-26H,1,7-8,13H2,2-5H3. The van der Waals surface area contributed by atoms with Crippen LogP contribution in [0.3, 0.4) is 0 Å². The molecule has 0 radical (unpaired) electrons. The molecule has 2 aromatic rings. The number of allylic oxidation sites excluding steroid dienone is 1. The van der Waals surface area contributed by atoms with Crippen LogP contribution in [0.2, 0.25) is 0 Å². The summed E-state index contributed by atoms with van der Waals surface area (Å²) in [5.41, 5.74) is 5.70. The topological polar surface area (TPSA) is 50.7 Å². The van der Waals surface area contributed by atoms with Crippen molar-refractivity contribution in [1.82, 2.24) is 0 Å². The quantitative estimate of drug-likeness (QED) is 0.624. The van der Waals surface area contributed by atoms with E-state index in [9.17, 15) is 5.11 Å². The average molecular weight is 380 g/mol. The SMILES string of the molecule is C=CCCC1Oc2ccc(O)c(OC)c2-c2ccc3c(c21)C(C)CC(C)(C)N3. The zero-order chi connectivity index (χ0) is 20.1. The molecule has 0 aliphatic carbocycles. The zero-order valence-electron chi connectivity index (χ0n) is 17.1. The van der Waals surface area contributed by atoms with Gasteiger partial charge in [0.05, 0.1) is 12.7 Å². The Bertz CT molecular complexity index is 932. The molecule has 0 bridgehead atoms. The van der Waals surface area contributed by atoms with Crippen molar-refractivity contribution < 1.29 is 14.6 Å². The molecule has 4 nitrogen and oxygen atoms in total. The van der Waals surface area contributed by atoms with E-state index in [-0.39, 0.29) is 17.4 Å². The third-order valence-electron chi connectivity index (χ3n) is 5.87. The van der Waals surface area contributed by atoms with Gasteiger partial charge >= 0.3 is 0 Å². The maximum atomic E-state index is 10.4. The smallest absolute Gasteiger partial charge is 0.172 e. The fourth-order valence-corrected chi connectivity index (χ4v) is 4.92. The van der Waals surface area contributed by atoms with E-state index < -0.39 is 0 Å². The van der Waals surface area contributed by atoms with E-state index in [0.717, 1.165) is 36.1 Å². The number of phenolic OH excluding ortho intramolecular Hbond substituents is 1. The molecule has 0 amide bonds. The second-order valence-electron chi connectivity index (χ2n) is 8.57. The minimum Gasteiger partial charge on any atom is -0.504 e. The normalized spacial score (nSPS) is 21.4. The van der Waals surface area contributed by atoms with Crippen LogP contribution in [0.5, 0.6) is 17.2 Å². The lowest BCUT2D eigenvalue weighted by Crippen LogP contribution is -2.37. The Hall–Kier alpha value is -2.62. The molecule has 2 atom stereocenters. The van der Waals surface area contributed by atoms with Crippen LogP contribution < -0.4 is 14.8 Å². The monoisotopic (exact) mass is 379 g/mol. The van der Waals surface area contributed by atoms with Crippen LogP contribution in [-0.2, 0) is 0 Å². The van der Waals surface area contributed by atoms with E-state index in [1.54, 1.807) is 13.2 Å². The summed E-state index contributed by atoms with van der Waals surface area (Å²) in [5.74, 6) is 1.76. The highest BCUT2D eigenvalue weighted by Crippen LogP contribution is 2.55. The summed E-state index contributed by atoms with van der Waals surface area (Å²) in [6.45, 7) is 10.7. The van der Waals surface area contributed by atoms with Gasteiger partial charge < -0.3 is 19.9 Å². The Kier molecular flexibility index (Phi) is 4.53. The first-order chi connectivity index (χ1) is 13.4. The van der Waals surface area contributed by atoms with Gasteiger partial charge in [0.2, 0.25) is 0 Å². The lowest BCUT2D eigenvalue weighted by Gasteiger charge is -2.41. The van der Waals surface area contributed by atoms with Crippen molar-refractivity contribution in [3.8, 4) is 28.4 Å². The van der Waals surface area contributed by atoms with Crippen molar-refractivity contribution in [2.75, 3.05) is 12.4 Å². The van der Waals surface area contributed by atoms with Crippen molar-refractivity contribution >= 4 is 5.69 Å². The van der Waals surface area contributed by atoms with Crippen LogP contribution in [0.15, 0.2) is 36.9 Å². The third kappa shape index (κ3) is 2.92. The van der Waals surface area contributed by atoms with Gasteiger partial charge in [-0.05, 0) is 68.4 Å². The number of methoxy groups -OCH3 is 1. The third-order valence-corrected chi connectivity index (χ3v) is 5.87. The van der Waals surface area contributed by atoms with Crippen LogP contribution in [0.4, 0.5) is 5.69 Å². The average Bonchev–Trinajstić information content (AvgIpc) is 2.64. The molecule has 28 heavy (non-hydrogen) atoms. The largest absolute Gasteiger partial charge is 0.504 e. The van der Waals surface area contributed by atoms with Gasteiger partial charge in [0.15, 0.2) is 11.5 Å². The van der Waals surface area contributed by atoms with E-state index in [1.165, 1.54) is 16.8 Å². The van der Waals surface area contributed by atoms with Crippen molar-refractivity contribution in [2.24, 2.45) is 0 Å². The fourth-order valence-electron chi connectivity index (χ4n) is 4.92. The van der Waals surface area contributed by atoms with E-state index in [0.29, 0.717) is 11.7 Å². The molecule has 0 saturated carbocycles. The predicted octanol–water partition coefficient (Wildman–Crippen LogP) is 6.17. The molecular weight excluding hydrogens is 350 g/mol. The van der Waals surface area contributed by atoms with Gasteiger partial charge in [-0.25, -0.2) is 0 Å². The second-order valence-corrected chi connectivity index (χ2v) is 8.57. The minimum absolute atomic E-state index is 0.0461. The summed E-state index contributed by atoms with van der Waals surface area (Å²) >= 11 is 0. The van der Waals surface area contributed by atoms with Gasteiger partial charge in [0.1, 0.15) is 11.9 Å². The number of hydrogen-bond donors (Lipinski definition) is 2. The number of anilines is 1. The highest BCUT2D eigenvalue weighted by atomic mass is 16.5. The molecule has 4 heteroatoms. The number of nitrogens with one attached hydrogen (secondary N) is 1. The molecule has 148 valence electrons. The minimum atomic E-state index is -0.0461. The predicted molar refractivity (Wildman–Crippen MR) is 114 cm³/mol. The summed E-state index contributed by atoms with van der Waals surface area (Å²) in [6.07, 6.45) is 4.69. The maximum absolute atomic E-state index is 10.4. The molecular formula is C24H29NO3. The first-order valence-electron chi connectivity index (χ1n) is 9.99. The number of aromatic hydroxyl groups is 1. The molecule has 2 N–H and O–H groups in total. The van der Waals surface area contributed by atoms with Crippen molar-refractivity contribution in [2.45, 2.75) is 57.6 Å². The van der Waals surface area contributed by atoms with Crippen molar-refractivity contribution in [3.05, 3.63) is 48.0 Å². The Balaban J connectivity index is 1.98. The molecule has 2 aromatic carbocycles. The van der Waals surface area contributed by atoms with Crippen LogP contribution in [0.1, 0.15) is 63.2 Å². The van der Waals surface area contributed by atoms with Gasteiger partial charge in [-0.15, -0.1) is 6.58 Å². The second kappa shape index (κ2) is 6.77. The van der Waals surface area contributed by atoms with Crippen LogP contribution in [-0.4, -0.2) is 17.8 Å². The van der Waals surface area contributed by atoms with Crippen LogP contribution in [0.25, 0.3) is 11.1 Å². The Morgan fingerprint density at radius 2 is 2.07 bits per heavy atom. The molecule has 0 spiro atoms. The Morgan fingerprint density at radius 3 is 2.79 bits per heavy atom. The summed E-state index contributed by atoms with van der Waals surface area (Å²) in [6, 6.07) is 7.77. The van der Waals surface area contributed by atoms with E-state index in [4.69, 9.17) is 9.47 Å². The van der Waals surface area contributed by atoms with E-state index >= 15 is 0 Å². The van der Waals surface area contributed by atoms with Gasteiger partial charge in [0.25, 0.3) is 0 Å². The van der Waals surface area contributed by atoms with Crippen LogP contribution >= 0.6 is 0 Å². The first-order valence-corrected chi connectivity index (χ1v) is 9.99. The van der Waals surface area contributed by atoms with Crippen molar-refractivity contribution in [3.63, 3.8) is 0 Å². The molecule has 2 unspecified atom stereocenters. The molecule has 2 heterocycles. The summed E-state index contributed by atoms with van der Waals surface area (Å²) in [4.78, 5) is 0. The lowest BCUT2D eigenvalue weighted by atomic mass is 9.75. The van der Waals surface area contributed by atoms with Gasteiger partial charge in [-0.1, -0.05) is 19.1 Å². The number of ether oxygens (including phenoxy) is 2. The van der Waals surface area contributed by atoms with E-state index in [1.807, 2.05) is 12.1 Å². The molecule has 2 aliphatic heterocycles. The number of rotatable bonds is 4. The molecule has 0 fully saturated rings. The summed E-state index contributed by atoms with van der Waals surface area (Å²) in [7, 11) is 1.59. The molecule has 0 saturated heterocycles. The number of phenols is 1. The number of benzene rings is 2. The number of fused-ring (bicyclic) bond motifs is 5. The molecule has 2 aliphatic rings. The highest BCUT2D eigenvalue weighted by Gasteiger charge is 2.37. The first kappa shape index (κ1) is 18.7. The Morgan fingerprint density at radius 1 is 1.29 bits per heavy atom. The molecule has 4 rings (SSSR count). The van der Waals surface area contributed by atoms with Crippen molar-refractivity contribution in [1.29, 1.82) is 0 Å². The lowest BCUT2D eigenvalue weighted by molar-refractivity contribution is 0.189. The summed E-state index contributed by atoms with van der Waals surface area (Å²) < 4.78 is 12.0. The Labute approximate surface area is 167 Å². The van der Waals surface area contributed by atoms with Gasteiger partial charge in [-0.3, -0.25) is 0 Å².